The van der Waals surface area contributed by atoms with Crippen molar-refractivity contribution in [2.75, 3.05) is 12.4 Å². The van der Waals surface area contributed by atoms with Crippen LogP contribution in [0.15, 0.2) is 91.3 Å². The number of ether oxygens (including phenoxy) is 1. The van der Waals surface area contributed by atoms with Crippen LogP contribution in [0.3, 0.4) is 0 Å². The summed E-state index contributed by atoms with van der Waals surface area (Å²) in [7, 11) is 1.57. The van der Waals surface area contributed by atoms with Gasteiger partial charge >= 0.3 is 6.18 Å². The van der Waals surface area contributed by atoms with E-state index in [-0.39, 0.29) is 17.3 Å². The smallest absolute Gasteiger partial charge is 0.433 e. The van der Waals surface area contributed by atoms with Crippen LogP contribution in [0.25, 0.3) is 28.2 Å². The summed E-state index contributed by atoms with van der Waals surface area (Å²) in [6.07, 6.45) is -1.75. The Hall–Kier alpha value is -5.06. The number of nitrogens with zero attached hydrogens (tertiary/aromatic N) is 5. The molecule has 0 unspecified atom stereocenters. The number of hydrogen-bond acceptors (Lipinski definition) is 6. The van der Waals surface area contributed by atoms with Crippen molar-refractivity contribution in [3.63, 3.8) is 0 Å². The van der Waals surface area contributed by atoms with Gasteiger partial charge in [0.1, 0.15) is 5.75 Å². The number of alkyl halides is 3. The van der Waals surface area contributed by atoms with Crippen LogP contribution in [0.5, 0.6) is 5.75 Å². The minimum Gasteiger partial charge on any atom is -0.497 e. The van der Waals surface area contributed by atoms with Gasteiger partial charge in [0.05, 0.1) is 12.8 Å². The van der Waals surface area contributed by atoms with Gasteiger partial charge in [-0.1, -0.05) is 24.3 Å². The van der Waals surface area contributed by atoms with Crippen molar-refractivity contribution in [1.82, 2.24) is 25.0 Å². The Kier molecular flexibility index (Phi) is 6.56. The summed E-state index contributed by atoms with van der Waals surface area (Å²) < 4.78 is 47.1. The SMILES string of the molecule is COc1cccc(-c2cccc(C(=O)Nc3ccc(-n4nc(-c5cccnc5)cc4C(F)(F)F)nn3)c2)c1. The summed E-state index contributed by atoms with van der Waals surface area (Å²) in [5, 5.41) is 14.4. The van der Waals surface area contributed by atoms with Crippen LogP contribution < -0.4 is 10.1 Å². The van der Waals surface area contributed by atoms with Gasteiger partial charge in [-0.3, -0.25) is 9.78 Å². The molecule has 0 aliphatic heterocycles. The van der Waals surface area contributed by atoms with Gasteiger partial charge in [0, 0.05) is 23.5 Å². The summed E-state index contributed by atoms with van der Waals surface area (Å²) in [6, 6.07) is 21.2. The molecule has 8 nitrogen and oxygen atoms in total. The van der Waals surface area contributed by atoms with Crippen molar-refractivity contribution in [3.05, 3.63) is 103 Å². The van der Waals surface area contributed by atoms with E-state index >= 15 is 0 Å². The number of carbonyl (C=O) groups excluding carboxylic acids is 1. The van der Waals surface area contributed by atoms with Gasteiger partial charge < -0.3 is 10.1 Å². The summed E-state index contributed by atoms with van der Waals surface area (Å²) in [5.74, 6) is 0.140. The van der Waals surface area contributed by atoms with Crippen molar-refractivity contribution in [2.24, 2.45) is 0 Å². The molecule has 0 radical (unpaired) electrons. The minimum absolute atomic E-state index is 0.0683. The second-order valence-electron chi connectivity index (χ2n) is 8.11. The van der Waals surface area contributed by atoms with Crippen LogP contribution in [0.4, 0.5) is 19.0 Å². The highest BCUT2D eigenvalue weighted by Gasteiger charge is 2.37. The molecule has 0 aliphatic rings. The predicted molar refractivity (Wildman–Crippen MR) is 134 cm³/mol. The number of rotatable bonds is 6. The van der Waals surface area contributed by atoms with Crippen molar-refractivity contribution >= 4 is 11.7 Å². The third-order valence-electron chi connectivity index (χ3n) is 5.59. The second-order valence-corrected chi connectivity index (χ2v) is 8.11. The van der Waals surface area contributed by atoms with Crippen LogP contribution in [-0.2, 0) is 6.18 Å². The largest absolute Gasteiger partial charge is 0.497 e. The van der Waals surface area contributed by atoms with Crippen LogP contribution in [-0.4, -0.2) is 38.0 Å². The average molecular weight is 516 g/mol. The number of carbonyl (C=O) groups is 1. The fraction of sp³-hybridized carbons (Fsp3) is 0.0741. The Balaban J connectivity index is 1.37. The Morgan fingerprint density at radius 1 is 0.895 bits per heavy atom. The molecule has 0 aliphatic carbocycles. The summed E-state index contributed by atoms with van der Waals surface area (Å²) >= 11 is 0. The molecule has 190 valence electrons. The Morgan fingerprint density at radius 2 is 1.66 bits per heavy atom. The van der Waals surface area contributed by atoms with E-state index in [4.69, 9.17) is 4.74 Å². The number of hydrogen-bond donors (Lipinski definition) is 1. The Morgan fingerprint density at radius 3 is 2.34 bits per heavy atom. The first kappa shape index (κ1) is 24.6. The molecule has 1 N–H and O–H groups in total. The molecule has 0 saturated carbocycles. The number of aromatic nitrogens is 5. The van der Waals surface area contributed by atoms with Crippen LogP contribution in [0, 0.1) is 0 Å². The second kappa shape index (κ2) is 10.1. The van der Waals surface area contributed by atoms with Crippen molar-refractivity contribution in [3.8, 4) is 34.0 Å². The van der Waals surface area contributed by atoms with Crippen molar-refractivity contribution < 1.29 is 22.7 Å². The third-order valence-corrected chi connectivity index (χ3v) is 5.59. The summed E-state index contributed by atoms with van der Waals surface area (Å²) in [6.45, 7) is 0. The molecule has 3 heterocycles. The maximum atomic E-state index is 13.7. The molecule has 0 spiro atoms. The first-order valence-electron chi connectivity index (χ1n) is 11.3. The number of pyridine rings is 1. The van der Waals surface area contributed by atoms with Gasteiger partial charge in [0.25, 0.3) is 5.91 Å². The highest BCUT2D eigenvalue weighted by atomic mass is 19.4. The molecule has 38 heavy (non-hydrogen) atoms. The zero-order chi connectivity index (χ0) is 26.7. The lowest BCUT2D eigenvalue weighted by Crippen LogP contribution is -2.16. The maximum Gasteiger partial charge on any atom is 0.433 e. The van der Waals surface area contributed by atoms with E-state index in [9.17, 15) is 18.0 Å². The van der Waals surface area contributed by atoms with Crippen LogP contribution in [0.1, 0.15) is 16.1 Å². The molecule has 0 saturated heterocycles. The number of nitrogens with one attached hydrogen (secondary N) is 1. The fourth-order valence-corrected chi connectivity index (χ4v) is 3.75. The number of methoxy groups -OCH3 is 1. The quantitative estimate of drug-likeness (QED) is 0.313. The van der Waals surface area contributed by atoms with E-state index in [2.05, 4.69) is 25.6 Å². The molecule has 0 fully saturated rings. The van der Waals surface area contributed by atoms with Crippen LogP contribution in [0.2, 0.25) is 0 Å². The molecule has 1 amide bonds. The van der Waals surface area contributed by atoms with Gasteiger partial charge in [-0.05, 0) is 65.7 Å². The molecule has 11 heteroatoms. The van der Waals surface area contributed by atoms with Gasteiger partial charge in [-0.2, -0.15) is 18.3 Å². The standard InChI is InChI=1S/C27H19F3N6O2/c1-38-21-9-3-6-18(14-21)17-5-2-7-19(13-17)26(37)32-24-10-11-25(34-33-24)36-23(27(28,29)30)15-22(35-36)20-8-4-12-31-16-20/h2-16H,1H3,(H,32,33,37). The molecule has 0 atom stereocenters. The maximum absolute atomic E-state index is 13.7. The fourth-order valence-electron chi connectivity index (χ4n) is 3.75. The van der Waals surface area contributed by atoms with Gasteiger partial charge in [0.15, 0.2) is 17.3 Å². The molecule has 5 rings (SSSR count). The first-order chi connectivity index (χ1) is 18.3. The zero-order valence-electron chi connectivity index (χ0n) is 19.8. The van der Waals surface area contributed by atoms with Crippen molar-refractivity contribution in [2.45, 2.75) is 6.18 Å². The van der Waals surface area contributed by atoms with Gasteiger partial charge in [-0.15, -0.1) is 10.2 Å². The van der Waals surface area contributed by atoms with E-state index in [0.717, 1.165) is 17.2 Å². The highest BCUT2D eigenvalue weighted by Crippen LogP contribution is 2.33. The monoisotopic (exact) mass is 516 g/mol. The van der Waals surface area contributed by atoms with E-state index in [1.807, 2.05) is 30.3 Å². The third kappa shape index (κ3) is 5.21. The number of halogens is 3. The molecular formula is C27H19F3N6O2. The zero-order valence-corrected chi connectivity index (χ0v) is 19.8. The molecule has 3 aromatic heterocycles. The molecule has 0 bridgehead atoms. The summed E-state index contributed by atoms with van der Waals surface area (Å²) in [5.41, 5.74) is 1.53. The molecule has 5 aromatic rings. The number of amides is 1. The lowest BCUT2D eigenvalue weighted by molar-refractivity contribution is -0.142. The number of anilines is 1. The Bertz CT molecular complexity index is 1590. The number of benzene rings is 2. The lowest BCUT2D eigenvalue weighted by Gasteiger charge is -2.10. The van der Waals surface area contributed by atoms with E-state index < -0.39 is 17.8 Å². The highest BCUT2D eigenvalue weighted by molar-refractivity contribution is 6.04. The first-order valence-corrected chi connectivity index (χ1v) is 11.3. The summed E-state index contributed by atoms with van der Waals surface area (Å²) in [4.78, 5) is 16.8. The normalized spacial score (nSPS) is 11.3. The average Bonchev–Trinajstić information content (AvgIpc) is 3.41. The molecule has 2 aromatic carbocycles. The van der Waals surface area contributed by atoms with E-state index in [1.165, 1.54) is 24.5 Å². The van der Waals surface area contributed by atoms with E-state index in [0.29, 0.717) is 21.6 Å². The van der Waals surface area contributed by atoms with Crippen LogP contribution >= 0.6 is 0 Å². The van der Waals surface area contributed by atoms with Crippen molar-refractivity contribution in [1.29, 1.82) is 0 Å². The Labute approximate surface area is 214 Å². The minimum atomic E-state index is -4.68. The topological polar surface area (TPSA) is 94.8 Å². The predicted octanol–water partition coefficient (Wildman–Crippen LogP) is 5.67. The van der Waals surface area contributed by atoms with E-state index in [1.54, 1.807) is 37.4 Å². The van der Waals surface area contributed by atoms with Gasteiger partial charge in [-0.25, -0.2) is 4.68 Å². The van der Waals surface area contributed by atoms with Gasteiger partial charge in [0.2, 0.25) is 0 Å². The molecular weight excluding hydrogens is 497 g/mol. The lowest BCUT2D eigenvalue weighted by atomic mass is 10.0.